The molecule has 0 heterocycles. The van der Waals surface area contributed by atoms with Crippen LogP contribution in [-0.4, -0.2) is 6.29 Å². The van der Waals surface area contributed by atoms with Crippen LogP contribution >= 0.6 is 0 Å². The van der Waals surface area contributed by atoms with Gasteiger partial charge in [-0.2, -0.15) is 0 Å². The number of hydrogen-bond acceptors (Lipinski definition) is 1. The highest BCUT2D eigenvalue weighted by atomic mass is 19.1. The fraction of sp³-hybridized carbons (Fsp3) is 0.500. The summed E-state index contributed by atoms with van der Waals surface area (Å²) >= 11 is 0. The third-order valence-electron chi connectivity index (χ3n) is 3.72. The quantitative estimate of drug-likeness (QED) is 0.713. The second kappa shape index (κ2) is 4.36. The molecule has 0 aromatic heterocycles. The van der Waals surface area contributed by atoms with Crippen molar-refractivity contribution in [3.8, 4) is 0 Å². The molecule has 0 saturated heterocycles. The molecule has 1 aromatic rings. The van der Waals surface area contributed by atoms with Gasteiger partial charge >= 0.3 is 0 Å². The van der Waals surface area contributed by atoms with Crippen LogP contribution < -0.4 is 0 Å². The molecule has 86 valence electrons. The Balaban J connectivity index is 2.50. The lowest BCUT2D eigenvalue weighted by Gasteiger charge is -2.23. The zero-order valence-corrected chi connectivity index (χ0v) is 9.63. The molecule has 1 aromatic carbocycles. The van der Waals surface area contributed by atoms with Gasteiger partial charge in [-0.05, 0) is 24.8 Å². The van der Waals surface area contributed by atoms with Crippen LogP contribution in [0, 0.1) is 5.82 Å². The normalized spacial score (nSPS) is 18.6. The molecule has 0 spiro atoms. The predicted molar refractivity (Wildman–Crippen MR) is 62.0 cm³/mol. The molecule has 2 rings (SSSR count). The van der Waals surface area contributed by atoms with Gasteiger partial charge in [0, 0.05) is 5.56 Å². The molecule has 1 nitrogen and oxygen atoms in total. The summed E-state index contributed by atoms with van der Waals surface area (Å²) in [5.41, 5.74) is 0.778. The largest absolute Gasteiger partial charge is 0.302 e. The van der Waals surface area contributed by atoms with Gasteiger partial charge in [0.05, 0.1) is 5.41 Å². The summed E-state index contributed by atoms with van der Waals surface area (Å²) in [5, 5.41) is 0. The third kappa shape index (κ3) is 1.66. The first kappa shape index (κ1) is 11.3. The van der Waals surface area contributed by atoms with E-state index in [1.54, 1.807) is 12.1 Å². The molecule has 16 heavy (non-hydrogen) atoms. The van der Waals surface area contributed by atoms with E-state index in [1.165, 1.54) is 0 Å². The molecular formula is C14H17FO. The number of hydrogen-bond donors (Lipinski definition) is 0. The number of aryl methyl sites for hydroxylation is 1. The number of carbonyl (C=O) groups is 1. The Labute approximate surface area is 95.7 Å². The SMILES string of the molecule is CCc1cccc(C2(C=O)CCCC2)c1F. The van der Waals surface area contributed by atoms with Crippen molar-refractivity contribution in [2.45, 2.75) is 44.4 Å². The summed E-state index contributed by atoms with van der Waals surface area (Å²) in [6, 6.07) is 5.43. The molecule has 1 saturated carbocycles. The van der Waals surface area contributed by atoms with Crippen molar-refractivity contribution in [1.29, 1.82) is 0 Å². The van der Waals surface area contributed by atoms with Crippen molar-refractivity contribution < 1.29 is 9.18 Å². The number of halogens is 1. The zero-order valence-electron chi connectivity index (χ0n) is 9.63. The van der Waals surface area contributed by atoms with Crippen molar-refractivity contribution in [2.24, 2.45) is 0 Å². The number of aldehydes is 1. The molecular weight excluding hydrogens is 203 g/mol. The summed E-state index contributed by atoms with van der Waals surface area (Å²) in [6.45, 7) is 1.93. The fourth-order valence-electron chi connectivity index (χ4n) is 2.69. The molecule has 0 radical (unpaired) electrons. The van der Waals surface area contributed by atoms with Gasteiger partial charge < -0.3 is 4.79 Å². The summed E-state index contributed by atoms with van der Waals surface area (Å²) in [4.78, 5) is 11.3. The van der Waals surface area contributed by atoms with E-state index in [2.05, 4.69) is 0 Å². The standard InChI is InChI=1S/C14H17FO/c1-2-11-6-5-7-12(13(11)15)14(10-16)8-3-4-9-14/h5-7,10H,2-4,8-9H2,1H3. The first-order chi connectivity index (χ1) is 7.73. The minimum Gasteiger partial charge on any atom is -0.302 e. The summed E-state index contributed by atoms with van der Waals surface area (Å²) in [7, 11) is 0. The fourth-order valence-corrected chi connectivity index (χ4v) is 2.69. The van der Waals surface area contributed by atoms with E-state index < -0.39 is 5.41 Å². The maximum Gasteiger partial charge on any atom is 0.130 e. The van der Waals surface area contributed by atoms with Crippen LogP contribution in [0.15, 0.2) is 18.2 Å². The molecule has 1 aliphatic rings. The number of rotatable bonds is 3. The van der Waals surface area contributed by atoms with E-state index in [0.29, 0.717) is 17.5 Å². The third-order valence-corrected chi connectivity index (χ3v) is 3.72. The number of carbonyl (C=O) groups excluding carboxylic acids is 1. The Hall–Kier alpha value is -1.18. The lowest BCUT2D eigenvalue weighted by atomic mass is 9.79. The van der Waals surface area contributed by atoms with Gasteiger partial charge in [0.1, 0.15) is 12.1 Å². The van der Waals surface area contributed by atoms with Crippen LogP contribution in [0.1, 0.15) is 43.7 Å². The zero-order chi connectivity index (χ0) is 11.6. The average molecular weight is 220 g/mol. The van der Waals surface area contributed by atoms with Crippen molar-refractivity contribution in [3.63, 3.8) is 0 Å². The molecule has 0 bridgehead atoms. The lowest BCUT2D eigenvalue weighted by molar-refractivity contribution is -0.112. The van der Waals surface area contributed by atoms with Crippen LogP contribution in [-0.2, 0) is 16.6 Å². The second-order valence-corrected chi connectivity index (χ2v) is 4.61. The predicted octanol–water partition coefficient (Wildman–Crippen LogP) is 3.40. The highest BCUT2D eigenvalue weighted by Crippen LogP contribution is 2.40. The maximum absolute atomic E-state index is 14.2. The van der Waals surface area contributed by atoms with Crippen LogP contribution in [0.25, 0.3) is 0 Å². The topological polar surface area (TPSA) is 17.1 Å². The van der Waals surface area contributed by atoms with Crippen molar-refractivity contribution >= 4 is 6.29 Å². The van der Waals surface area contributed by atoms with Gasteiger partial charge in [-0.1, -0.05) is 38.0 Å². The molecule has 0 atom stereocenters. The van der Waals surface area contributed by atoms with Gasteiger partial charge in [-0.3, -0.25) is 0 Å². The Kier molecular flexibility index (Phi) is 3.08. The molecule has 0 amide bonds. The van der Waals surface area contributed by atoms with Gasteiger partial charge in [-0.15, -0.1) is 0 Å². The Morgan fingerprint density at radius 2 is 2.06 bits per heavy atom. The molecule has 0 aliphatic heterocycles. The first-order valence-corrected chi connectivity index (χ1v) is 5.98. The van der Waals surface area contributed by atoms with E-state index in [-0.39, 0.29) is 5.82 Å². The lowest BCUT2D eigenvalue weighted by Crippen LogP contribution is -2.25. The number of benzene rings is 1. The van der Waals surface area contributed by atoms with Gasteiger partial charge in [0.25, 0.3) is 0 Å². The molecule has 1 fully saturated rings. The average Bonchev–Trinajstić information content (AvgIpc) is 2.79. The van der Waals surface area contributed by atoms with Gasteiger partial charge in [0.15, 0.2) is 0 Å². The molecule has 2 heteroatoms. The smallest absolute Gasteiger partial charge is 0.130 e. The summed E-state index contributed by atoms with van der Waals surface area (Å²) < 4.78 is 14.2. The van der Waals surface area contributed by atoms with Crippen LogP contribution in [0.4, 0.5) is 4.39 Å². The second-order valence-electron chi connectivity index (χ2n) is 4.61. The van der Waals surface area contributed by atoms with Crippen molar-refractivity contribution in [1.82, 2.24) is 0 Å². The van der Waals surface area contributed by atoms with E-state index >= 15 is 0 Å². The summed E-state index contributed by atoms with van der Waals surface area (Å²) in [6.07, 6.45) is 5.26. The molecule has 0 N–H and O–H groups in total. The van der Waals surface area contributed by atoms with Crippen molar-refractivity contribution in [3.05, 3.63) is 35.1 Å². The Morgan fingerprint density at radius 3 is 2.62 bits per heavy atom. The highest BCUT2D eigenvalue weighted by molar-refractivity contribution is 5.69. The van der Waals surface area contributed by atoms with Gasteiger partial charge in [0.2, 0.25) is 0 Å². The minimum absolute atomic E-state index is 0.168. The van der Waals surface area contributed by atoms with Gasteiger partial charge in [-0.25, -0.2) is 4.39 Å². The van der Waals surface area contributed by atoms with Crippen LogP contribution in [0.3, 0.4) is 0 Å². The van der Waals surface area contributed by atoms with E-state index in [4.69, 9.17) is 0 Å². The Morgan fingerprint density at radius 1 is 1.38 bits per heavy atom. The van der Waals surface area contributed by atoms with Crippen molar-refractivity contribution in [2.75, 3.05) is 0 Å². The molecule has 1 aliphatic carbocycles. The maximum atomic E-state index is 14.2. The highest BCUT2D eigenvalue weighted by Gasteiger charge is 2.37. The van der Waals surface area contributed by atoms with E-state index in [1.807, 2.05) is 13.0 Å². The monoisotopic (exact) mass is 220 g/mol. The minimum atomic E-state index is -0.546. The van der Waals surface area contributed by atoms with E-state index in [9.17, 15) is 9.18 Å². The van der Waals surface area contributed by atoms with Crippen LogP contribution in [0.2, 0.25) is 0 Å². The first-order valence-electron chi connectivity index (χ1n) is 5.98. The Bertz CT molecular complexity index is 392. The molecule has 0 unspecified atom stereocenters. The van der Waals surface area contributed by atoms with E-state index in [0.717, 1.165) is 32.0 Å². The summed E-state index contributed by atoms with van der Waals surface area (Å²) in [5.74, 6) is -0.168. The van der Waals surface area contributed by atoms with Crippen LogP contribution in [0.5, 0.6) is 0 Å².